The second-order valence-corrected chi connectivity index (χ2v) is 4.45. The third-order valence-corrected chi connectivity index (χ3v) is 2.77. The molecule has 0 spiro atoms. The Bertz CT molecular complexity index is 388. The lowest BCUT2D eigenvalue weighted by Crippen LogP contribution is -2.28. The lowest BCUT2D eigenvalue weighted by molar-refractivity contribution is 0.235. The first-order valence-electron chi connectivity index (χ1n) is 6.31. The molecule has 2 heteroatoms. The van der Waals surface area contributed by atoms with E-state index in [1.807, 2.05) is 18.2 Å². The van der Waals surface area contributed by atoms with Crippen molar-refractivity contribution >= 4 is 0 Å². The van der Waals surface area contributed by atoms with Gasteiger partial charge in [-0.15, -0.1) is 13.2 Å². The molecule has 0 fully saturated rings. The van der Waals surface area contributed by atoms with Crippen molar-refractivity contribution in [1.82, 2.24) is 4.90 Å². The highest BCUT2D eigenvalue weighted by molar-refractivity contribution is 5.35. The fourth-order valence-corrected chi connectivity index (χ4v) is 1.87. The molecule has 0 N–H and O–H groups in total. The summed E-state index contributed by atoms with van der Waals surface area (Å²) < 4.78 is 5.80. The van der Waals surface area contributed by atoms with E-state index in [9.17, 15) is 0 Å². The van der Waals surface area contributed by atoms with Crippen LogP contribution in [0.3, 0.4) is 0 Å². The van der Waals surface area contributed by atoms with Gasteiger partial charge in [0.1, 0.15) is 12.4 Å². The third-order valence-electron chi connectivity index (χ3n) is 2.77. The van der Waals surface area contributed by atoms with Crippen molar-refractivity contribution in [1.29, 1.82) is 0 Å². The topological polar surface area (TPSA) is 12.5 Å². The summed E-state index contributed by atoms with van der Waals surface area (Å²) in [7, 11) is 0. The van der Waals surface area contributed by atoms with Gasteiger partial charge in [-0.1, -0.05) is 29.8 Å². The highest BCUT2D eigenvalue weighted by Crippen LogP contribution is 2.18. The molecule has 98 valence electrons. The summed E-state index contributed by atoms with van der Waals surface area (Å²) >= 11 is 0. The molecule has 0 aliphatic rings. The van der Waals surface area contributed by atoms with Crippen LogP contribution in [0.2, 0.25) is 0 Å². The predicted octanol–water partition coefficient (Wildman–Crippen LogP) is 3.36. The first kappa shape index (κ1) is 14.5. The van der Waals surface area contributed by atoms with E-state index in [2.05, 4.69) is 44.0 Å². The zero-order chi connectivity index (χ0) is 13.4. The molecule has 0 amide bonds. The molecule has 0 radical (unpaired) electrons. The van der Waals surface area contributed by atoms with E-state index in [-0.39, 0.29) is 0 Å². The van der Waals surface area contributed by atoms with Crippen molar-refractivity contribution in [3.63, 3.8) is 0 Å². The summed E-state index contributed by atoms with van der Waals surface area (Å²) in [6.45, 7) is 15.0. The number of hydrogen-bond donors (Lipinski definition) is 0. The van der Waals surface area contributed by atoms with E-state index >= 15 is 0 Å². The molecule has 0 aliphatic carbocycles. The first-order chi connectivity index (χ1) is 8.67. The van der Waals surface area contributed by atoms with Gasteiger partial charge in [0.15, 0.2) is 0 Å². The van der Waals surface area contributed by atoms with Crippen LogP contribution in [0, 0.1) is 13.8 Å². The molecule has 0 unspecified atom stereocenters. The Morgan fingerprint density at radius 2 is 1.83 bits per heavy atom. The highest BCUT2D eigenvalue weighted by Gasteiger charge is 2.03. The first-order valence-corrected chi connectivity index (χ1v) is 6.31. The van der Waals surface area contributed by atoms with E-state index in [0.29, 0.717) is 6.61 Å². The number of nitrogens with zero attached hydrogens (tertiary/aromatic N) is 1. The molecule has 1 aromatic rings. The molecule has 2 nitrogen and oxygen atoms in total. The van der Waals surface area contributed by atoms with Gasteiger partial charge in [0.2, 0.25) is 0 Å². The normalized spacial score (nSPS) is 10.4. The summed E-state index contributed by atoms with van der Waals surface area (Å²) in [6, 6.07) is 6.25. The Hall–Kier alpha value is -1.54. The van der Waals surface area contributed by atoms with Crippen molar-refractivity contribution in [3.8, 4) is 5.75 Å². The fraction of sp³-hybridized carbons (Fsp3) is 0.375. The van der Waals surface area contributed by atoms with Crippen molar-refractivity contribution in [2.45, 2.75) is 13.8 Å². The number of aryl methyl sites for hydroxylation is 2. The molecule has 0 aliphatic heterocycles. The van der Waals surface area contributed by atoms with Crippen LogP contribution in [0.25, 0.3) is 0 Å². The Labute approximate surface area is 111 Å². The van der Waals surface area contributed by atoms with Crippen LogP contribution < -0.4 is 4.74 Å². The maximum absolute atomic E-state index is 5.80. The SMILES string of the molecule is C=CCN(CC=C)CCOc1ccc(C)cc1C. The maximum Gasteiger partial charge on any atom is 0.122 e. The molecular weight excluding hydrogens is 222 g/mol. The molecule has 1 aromatic carbocycles. The molecule has 0 heterocycles. The summed E-state index contributed by atoms with van der Waals surface area (Å²) in [5, 5.41) is 0. The largest absolute Gasteiger partial charge is 0.492 e. The summed E-state index contributed by atoms with van der Waals surface area (Å²) in [4.78, 5) is 2.24. The number of rotatable bonds is 8. The predicted molar refractivity (Wildman–Crippen MR) is 78.2 cm³/mol. The Balaban J connectivity index is 2.44. The molecular formula is C16H23NO. The van der Waals surface area contributed by atoms with Gasteiger partial charge < -0.3 is 4.74 Å². The Morgan fingerprint density at radius 3 is 2.39 bits per heavy atom. The van der Waals surface area contributed by atoms with Gasteiger partial charge in [0.25, 0.3) is 0 Å². The zero-order valence-corrected chi connectivity index (χ0v) is 11.5. The summed E-state index contributed by atoms with van der Waals surface area (Å²) in [6.07, 6.45) is 3.81. The molecule has 0 saturated carbocycles. The second kappa shape index (κ2) is 7.72. The maximum atomic E-state index is 5.80. The van der Waals surface area contributed by atoms with Gasteiger partial charge >= 0.3 is 0 Å². The Kier molecular flexibility index (Phi) is 6.23. The van der Waals surface area contributed by atoms with Crippen molar-refractivity contribution in [2.24, 2.45) is 0 Å². The lowest BCUT2D eigenvalue weighted by Gasteiger charge is -2.19. The number of hydrogen-bond acceptors (Lipinski definition) is 2. The minimum absolute atomic E-state index is 0.686. The van der Waals surface area contributed by atoms with E-state index in [0.717, 1.165) is 25.4 Å². The van der Waals surface area contributed by atoms with Crippen LogP contribution in [0.15, 0.2) is 43.5 Å². The lowest BCUT2D eigenvalue weighted by atomic mass is 10.1. The monoisotopic (exact) mass is 245 g/mol. The number of benzene rings is 1. The van der Waals surface area contributed by atoms with Gasteiger partial charge in [-0.25, -0.2) is 0 Å². The molecule has 18 heavy (non-hydrogen) atoms. The molecule has 0 saturated heterocycles. The number of ether oxygens (including phenoxy) is 1. The Morgan fingerprint density at radius 1 is 1.17 bits per heavy atom. The third kappa shape index (κ3) is 4.76. The second-order valence-electron chi connectivity index (χ2n) is 4.45. The van der Waals surface area contributed by atoms with E-state index in [1.165, 1.54) is 11.1 Å². The van der Waals surface area contributed by atoms with E-state index in [1.54, 1.807) is 0 Å². The average molecular weight is 245 g/mol. The van der Waals surface area contributed by atoms with Gasteiger partial charge in [-0.3, -0.25) is 4.90 Å². The van der Waals surface area contributed by atoms with E-state index < -0.39 is 0 Å². The zero-order valence-electron chi connectivity index (χ0n) is 11.5. The molecule has 1 rings (SSSR count). The van der Waals surface area contributed by atoms with Gasteiger partial charge in [0.05, 0.1) is 0 Å². The minimum Gasteiger partial charge on any atom is -0.492 e. The van der Waals surface area contributed by atoms with Crippen molar-refractivity contribution < 1.29 is 4.74 Å². The minimum atomic E-state index is 0.686. The summed E-state index contributed by atoms with van der Waals surface area (Å²) in [5.74, 6) is 0.970. The van der Waals surface area contributed by atoms with Crippen molar-refractivity contribution in [3.05, 3.63) is 54.6 Å². The average Bonchev–Trinajstić information content (AvgIpc) is 2.32. The van der Waals surface area contributed by atoms with Gasteiger partial charge in [-0.2, -0.15) is 0 Å². The van der Waals surface area contributed by atoms with Crippen LogP contribution in [0.4, 0.5) is 0 Å². The van der Waals surface area contributed by atoms with Crippen LogP contribution in [-0.2, 0) is 0 Å². The van der Waals surface area contributed by atoms with Crippen LogP contribution in [-0.4, -0.2) is 31.1 Å². The van der Waals surface area contributed by atoms with Gasteiger partial charge in [-0.05, 0) is 25.5 Å². The van der Waals surface area contributed by atoms with Gasteiger partial charge in [0, 0.05) is 19.6 Å². The molecule has 0 aromatic heterocycles. The van der Waals surface area contributed by atoms with E-state index in [4.69, 9.17) is 4.74 Å². The van der Waals surface area contributed by atoms with Crippen molar-refractivity contribution in [2.75, 3.05) is 26.2 Å². The van der Waals surface area contributed by atoms with Crippen LogP contribution >= 0.6 is 0 Å². The molecule has 0 bridgehead atoms. The molecule has 0 atom stereocenters. The highest BCUT2D eigenvalue weighted by atomic mass is 16.5. The van der Waals surface area contributed by atoms with Crippen LogP contribution in [0.1, 0.15) is 11.1 Å². The van der Waals surface area contributed by atoms with Crippen LogP contribution in [0.5, 0.6) is 5.75 Å². The summed E-state index contributed by atoms with van der Waals surface area (Å²) in [5.41, 5.74) is 2.45. The smallest absolute Gasteiger partial charge is 0.122 e. The fourth-order valence-electron chi connectivity index (χ4n) is 1.87. The quantitative estimate of drug-likeness (QED) is 0.651. The standard InChI is InChI=1S/C16H23NO/c1-5-9-17(10-6-2)11-12-18-16-8-7-14(3)13-15(16)4/h5-8,13H,1-2,9-12H2,3-4H3.